The summed E-state index contributed by atoms with van der Waals surface area (Å²) in [5, 5.41) is 3.48. The standard InChI is InChI=1S/C20H24ClNO4/c1-4-17(26-19-8-6-5-7-18(19)24-3)20(23)22-11-12-25-15-10-9-14(2)16(21)13-15/h5-10,13,17H,4,11-12H2,1-3H3,(H,22,23)/t17-/m0/s1. The van der Waals surface area contributed by atoms with Gasteiger partial charge in [-0.2, -0.15) is 0 Å². The molecule has 0 saturated carbocycles. The number of para-hydroxylation sites is 2. The van der Waals surface area contributed by atoms with Crippen molar-refractivity contribution in [2.45, 2.75) is 26.4 Å². The maximum Gasteiger partial charge on any atom is 0.261 e. The van der Waals surface area contributed by atoms with Crippen LogP contribution < -0.4 is 19.5 Å². The zero-order valence-corrected chi connectivity index (χ0v) is 16.0. The van der Waals surface area contributed by atoms with Gasteiger partial charge in [-0.25, -0.2) is 0 Å². The maximum absolute atomic E-state index is 12.3. The van der Waals surface area contributed by atoms with Gasteiger partial charge in [-0.15, -0.1) is 0 Å². The molecule has 6 heteroatoms. The number of hydrogen-bond acceptors (Lipinski definition) is 4. The predicted molar refractivity (Wildman–Crippen MR) is 102 cm³/mol. The van der Waals surface area contributed by atoms with Crippen molar-refractivity contribution in [3.05, 3.63) is 53.1 Å². The zero-order valence-electron chi connectivity index (χ0n) is 15.3. The Labute approximate surface area is 159 Å². The summed E-state index contributed by atoms with van der Waals surface area (Å²) in [6, 6.07) is 12.8. The highest BCUT2D eigenvalue weighted by Crippen LogP contribution is 2.27. The summed E-state index contributed by atoms with van der Waals surface area (Å²) in [5.74, 6) is 1.62. The number of benzene rings is 2. The second kappa shape index (κ2) is 9.92. The van der Waals surface area contributed by atoms with Crippen LogP contribution in [0.2, 0.25) is 5.02 Å². The molecule has 1 atom stereocenters. The van der Waals surface area contributed by atoms with Crippen LogP contribution >= 0.6 is 11.6 Å². The normalized spacial score (nSPS) is 11.5. The summed E-state index contributed by atoms with van der Waals surface area (Å²) < 4.78 is 16.6. The van der Waals surface area contributed by atoms with E-state index in [9.17, 15) is 4.79 Å². The van der Waals surface area contributed by atoms with Gasteiger partial charge in [-0.3, -0.25) is 4.79 Å². The van der Waals surface area contributed by atoms with E-state index >= 15 is 0 Å². The third-order valence-corrected chi connectivity index (χ3v) is 4.22. The summed E-state index contributed by atoms with van der Waals surface area (Å²) in [7, 11) is 1.57. The summed E-state index contributed by atoms with van der Waals surface area (Å²) in [5.41, 5.74) is 0.992. The van der Waals surface area contributed by atoms with E-state index in [0.717, 1.165) is 5.56 Å². The Hall–Kier alpha value is -2.40. The highest BCUT2D eigenvalue weighted by molar-refractivity contribution is 6.31. The van der Waals surface area contributed by atoms with Crippen molar-refractivity contribution in [3.8, 4) is 17.2 Å². The number of amides is 1. The lowest BCUT2D eigenvalue weighted by Gasteiger charge is -2.19. The monoisotopic (exact) mass is 377 g/mol. The Morgan fingerprint density at radius 1 is 1.19 bits per heavy atom. The lowest BCUT2D eigenvalue weighted by molar-refractivity contribution is -0.128. The lowest BCUT2D eigenvalue weighted by Crippen LogP contribution is -2.39. The van der Waals surface area contributed by atoms with Crippen LogP contribution in [0.25, 0.3) is 0 Å². The second-order valence-corrected chi connectivity index (χ2v) is 6.12. The first-order valence-corrected chi connectivity index (χ1v) is 8.89. The van der Waals surface area contributed by atoms with E-state index in [0.29, 0.717) is 41.8 Å². The summed E-state index contributed by atoms with van der Waals surface area (Å²) in [6.45, 7) is 4.54. The molecule has 2 aromatic rings. The van der Waals surface area contributed by atoms with E-state index < -0.39 is 6.10 Å². The number of ether oxygens (including phenoxy) is 3. The first-order valence-electron chi connectivity index (χ1n) is 8.51. The first kappa shape index (κ1) is 19.9. The van der Waals surface area contributed by atoms with Crippen LogP contribution in [0.4, 0.5) is 0 Å². The number of carbonyl (C=O) groups is 1. The van der Waals surface area contributed by atoms with Gasteiger partial charge in [0.05, 0.1) is 13.7 Å². The van der Waals surface area contributed by atoms with E-state index in [4.69, 9.17) is 25.8 Å². The van der Waals surface area contributed by atoms with E-state index in [1.54, 1.807) is 25.3 Å². The molecule has 0 spiro atoms. The van der Waals surface area contributed by atoms with Crippen LogP contribution in [0.3, 0.4) is 0 Å². The van der Waals surface area contributed by atoms with Gasteiger partial charge in [0.25, 0.3) is 5.91 Å². The number of carbonyl (C=O) groups excluding carboxylic acids is 1. The van der Waals surface area contributed by atoms with Gasteiger partial charge >= 0.3 is 0 Å². The van der Waals surface area contributed by atoms with Gasteiger partial charge in [-0.05, 0) is 43.2 Å². The molecular formula is C20H24ClNO4. The fraction of sp³-hybridized carbons (Fsp3) is 0.350. The fourth-order valence-electron chi connectivity index (χ4n) is 2.31. The molecule has 0 bridgehead atoms. The van der Waals surface area contributed by atoms with Crippen molar-refractivity contribution in [1.29, 1.82) is 0 Å². The van der Waals surface area contributed by atoms with E-state index in [1.165, 1.54) is 0 Å². The van der Waals surface area contributed by atoms with Crippen LogP contribution in [-0.2, 0) is 4.79 Å². The average molecular weight is 378 g/mol. The third kappa shape index (κ3) is 5.56. The summed E-state index contributed by atoms with van der Waals surface area (Å²) >= 11 is 6.06. The number of rotatable bonds is 9. The number of aryl methyl sites for hydroxylation is 1. The zero-order chi connectivity index (χ0) is 18.9. The van der Waals surface area contributed by atoms with Crippen molar-refractivity contribution < 1.29 is 19.0 Å². The summed E-state index contributed by atoms with van der Waals surface area (Å²) in [6.07, 6.45) is -0.0571. The number of methoxy groups -OCH3 is 1. The molecule has 0 unspecified atom stereocenters. The molecule has 0 aliphatic carbocycles. The van der Waals surface area contributed by atoms with Crippen molar-refractivity contribution in [1.82, 2.24) is 5.32 Å². The molecule has 0 radical (unpaired) electrons. The predicted octanol–water partition coefficient (Wildman–Crippen LogP) is 4.01. The van der Waals surface area contributed by atoms with Crippen LogP contribution in [-0.4, -0.2) is 32.3 Å². The first-order chi connectivity index (χ1) is 12.5. The molecule has 1 amide bonds. The highest BCUT2D eigenvalue weighted by Gasteiger charge is 2.19. The molecule has 0 heterocycles. The molecule has 1 N–H and O–H groups in total. The Bertz CT molecular complexity index is 736. The van der Waals surface area contributed by atoms with Crippen molar-refractivity contribution in [3.63, 3.8) is 0 Å². The second-order valence-electron chi connectivity index (χ2n) is 5.72. The molecule has 0 aromatic heterocycles. The van der Waals surface area contributed by atoms with Crippen molar-refractivity contribution in [2.75, 3.05) is 20.3 Å². The van der Waals surface area contributed by atoms with Crippen LogP contribution in [0.1, 0.15) is 18.9 Å². The Balaban J connectivity index is 1.82. The molecule has 0 saturated heterocycles. The molecule has 2 aromatic carbocycles. The van der Waals surface area contributed by atoms with Gasteiger partial charge in [0, 0.05) is 5.02 Å². The van der Waals surface area contributed by atoms with Gasteiger partial charge in [0.2, 0.25) is 0 Å². The molecule has 5 nitrogen and oxygen atoms in total. The molecule has 2 rings (SSSR count). The Morgan fingerprint density at radius 2 is 1.92 bits per heavy atom. The molecular weight excluding hydrogens is 354 g/mol. The number of hydrogen-bond donors (Lipinski definition) is 1. The quantitative estimate of drug-likeness (QED) is 0.671. The van der Waals surface area contributed by atoms with Crippen molar-refractivity contribution in [2.24, 2.45) is 0 Å². The average Bonchev–Trinajstić information content (AvgIpc) is 2.66. The largest absolute Gasteiger partial charge is 0.493 e. The van der Waals surface area contributed by atoms with Gasteiger partial charge in [0.1, 0.15) is 12.4 Å². The number of halogens is 1. The fourth-order valence-corrected chi connectivity index (χ4v) is 2.48. The number of nitrogens with one attached hydrogen (secondary N) is 1. The molecule has 26 heavy (non-hydrogen) atoms. The highest BCUT2D eigenvalue weighted by atomic mass is 35.5. The molecule has 0 aliphatic heterocycles. The molecule has 140 valence electrons. The minimum atomic E-state index is -0.597. The third-order valence-electron chi connectivity index (χ3n) is 3.81. The maximum atomic E-state index is 12.3. The smallest absolute Gasteiger partial charge is 0.261 e. The van der Waals surface area contributed by atoms with E-state index in [-0.39, 0.29) is 5.91 Å². The minimum absolute atomic E-state index is 0.191. The van der Waals surface area contributed by atoms with E-state index in [1.807, 2.05) is 38.1 Å². The molecule has 0 fully saturated rings. The molecule has 0 aliphatic rings. The van der Waals surface area contributed by atoms with Crippen molar-refractivity contribution >= 4 is 17.5 Å². The lowest BCUT2D eigenvalue weighted by atomic mass is 10.2. The van der Waals surface area contributed by atoms with Gasteiger partial charge in [-0.1, -0.05) is 36.7 Å². The van der Waals surface area contributed by atoms with Gasteiger partial charge in [0.15, 0.2) is 17.6 Å². The van der Waals surface area contributed by atoms with Crippen LogP contribution in [0.15, 0.2) is 42.5 Å². The van der Waals surface area contributed by atoms with E-state index in [2.05, 4.69) is 5.32 Å². The topological polar surface area (TPSA) is 56.8 Å². The Kier molecular flexibility index (Phi) is 7.60. The summed E-state index contributed by atoms with van der Waals surface area (Å²) in [4.78, 5) is 12.3. The van der Waals surface area contributed by atoms with Crippen LogP contribution in [0, 0.1) is 6.92 Å². The SMILES string of the molecule is CC[C@H](Oc1ccccc1OC)C(=O)NCCOc1ccc(C)c(Cl)c1. The van der Waals surface area contributed by atoms with Gasteiger partial charge < -0.3 is 19.5 Å². The van der Waals surface area contributed by atoms with Crippen LogP contribution in [0.5, 0.6) is 17.2 Å². The minimum Gasteiger partial charge on any atom is -0.493 e. The Morgan fingerprint density at radius 3 is 2.58 bits per heavy atom.